The Morgan fingerprint density at radius 2 is 1.15 bits per heavy atom. The molecule has 0 spiro atoms. The number of hydrogen-bond donors (Lipinski definition) is 0. The van der Waals surface area contributed by atoms with E-state index in [2.05, 4.69) is 11.2 Å². The molecule has 0 rings (SSSR count). The molecule has 9 heteroatoms. The maximum Gasteiger partial charge on any atom is 0.396 e. The first-order chi connectivity index (χ1) is 5.41. The molecule has 13 heavy (non-hydrogen) atoms. The van der Waals surface area contributed by atoms with Gasteiger partial charge in [-0.2, -0.15) is 26.3 Å². The summed E-state index contributed by atoms with van der Waals surface area (Å²) in [5, 5.41) is 0. The van der Waals surface area contributed by atoms with Crippen molar-refractivity contribution in [3.05, 3.63) is 0 Å². The summed E-state index contributed by atoms with van der Waals surface area (Å²) in [5.74, 6) is 0. The zero-order chi connectivity index (χ0) is 10.9. The molecular formula is C4H4ClF6OP. The Labute approximate surface area is 74.2 Å². The molecule has 1 nitrogen and oxygen atoms in total. The van der Waals surface area contributed by atoms with Crippen LogP contribution in [-0.4, -0.2) is 24.7 Å². The SMILES string of the molecule is O=P(Cl)(CC(F)(F)F)CC(F)(F)F. The summed E-state index contributed by atoms with van der Waals surface area (Å²) in [6, 6.07) is 0. The highest BCUT2D eigenvalue weighted by Crippen LogP contribution is 2.57. The van der Waals surface area contributed by atoms with Gasteiger partial charge in [0.1, 0.15) is 12.3 Å². The fourth-order valence-electron chi connectivity index (χ4n) is 0.591. The number of halogens is 7. The fraction of sp³-hybridized carbons (Fsp3) is 1.00. The van der Waals surface area contributed by atoms with Crippen molar-refractivity contribution in [1.82, 2.24) is 0 Å². The van der Waals surface area contributed by atoms with Gasteiger partial charge in [0.25, 0.3) is 0 Å². The van der Waals surface area contributed by atoms with Gasteiger partial charge in [-0.25, -0.2) is 0 Å². The van der Waals surface area contributed by atoms with Gasteiger partial charge in [0.05, 0.1) is 0 Å². The summed E-state index contributed by atoms with van der Waals surface area (Å²) in [4.78, 5) is 0. The summed E-state index contributed by atoms with van der Waals surface area (Å²) >= 11 is 4.62. The second-order valence-corrected chi connectivity index (χ2v) is 6.40. The van der Waals surface area contributed by atoms with E-state index in [9.17, 15) is 30.9 Å². The Bertz CT molecular complexity index is 200. The van der Waals surface area contributed by atoms with Crippen molar-refractivity contribution in [2.24, 2.45) is 0 Å². The van der Waals surface area contributed by atoms with Gasteiger partial charge in [0.15, 0.2) is 6.49 Å². The molecule has 0 fully saturated rings. The molecule has 0 N–H and O–H groups in total. The van der Waals surface area contributed by atoms with Crippen LogP contribution in [0.15, 0.2) is 0 Å². The van der Waals surface area contributed by atoms with Crippen LogP contribution in [0.5, 0.6) is 0 Å². The van der Waals surface area contributed by atoms with E-state index in [0.29, 0.717) is 0 Å². The molecule has 0 heterocycles. The molecular weight excluding hydrogens is 244 g/mol. The van der Waals surface area contributed by atoms with E-state index in [1.807, 2.05) is 0 Å². The van der Waals surface area contributed by atoms with Crippen molar-refractivity contribution in [3.8, 4) is 0 Å². The number of alkyl halides is 6. The maximum atomic E-state index is 11.5. The smallest absolute Gasteiger partial charge is 0.306 e. The Balaban J connectivity index is 4.35. The maximum absolute atomic E-state index is 11.5. The van der Waals surface area contributed by atoms with Crippen LogP contribution in [0.4, 0.5) is 26.3 Å². The minimum atomic E-state index is -4.94. The van der Waals surface area contributed by atoms with Gasteiger partial charge >= 0.3 is 12.4 Å². The minimum Gasteiger partial charge on any atom is -0.306 e. The van der Waals surface area contributed by atoms with E-state index in [4.69, 9.17) is 0 Å². The van der Waals surface area contributed by atoms with Crippen molar-refractivity contribution >= 4 is 17.7 Å². The van der Waals surface area contributed by atoms with E-state index in [-0.39, 0.29) is 0 Å². The monoisotopic (exact) mass is 248 g/mol. The van der Waals surface area contributed by atoms with E-state index in [1.165, 1.54) is 0 Å². The Morgan fingerprint density at radius 1 is 0.923 bits per heavy atom. The summed E-state index contributed by atoms with van der Waals surface area (Å²) < 4.78 is 79.6. The molecule has 0 aliphatic carbocycles. The lowest BCUT2D eigenvalue weighted by Crippen LogP contribution is -2.19. The topological polar surface area (TPSA) is 17.1 Å². The molecule has 0 unspecified atom stereocenters. The molecule has 0 atom stereocenters. The predicted molar refractivity (Wildman–Crippen MR) is 35.3 cm³/mol. The van der Waals surface area contributed by atoms with Gasteiger partial charge in [-0.1, -0.05) is 11.2 Å². The van der Waals surface area contributed by atoms with Crippen molar-refractivity contribution in [1.29, 1.82) is 0 Å². The number of hydrogen-bond acceptors (Lipinski definition) is 1. The first kappa shape index (κ1) is 13.1. The third-order valence-corrected chi connectivity index (χ3v) is 3.21. The molecule has 0 bridgehead atoms. The summed E-state index contributed by atoms with van der Waals surface area (Å²) in [5.41, 5.74) is 0. The van der Waals surface area contributed by atoms with Gasteiger partial charge in [-0.3, -0.25) is 0 Å². The largest absolute Gasteiger partial charge is 0.396 e. The first-order valence-corrected chi connectivity index (χ1v) is 5.81. The number of rotatable bonds is 2. The Hall–Kier alpha value is 0.100. The van der Waals surface area contributed by atoms with Gasteiger partial charge < -0.3 is 4.57 Å². The molecule has 0 aliphatic heterocycles. The average molecular weight is 248 g/mol. The Morgan fingerprint density at radius 3 is 1.31 bits per heavy atom. The lowest BCUT2D eigenvalue weighted by Gasteiger charge is -2.14. The molecule has 0 aromatic heterocycles. The molecule has 80 valence electrons. The van der Waals surface area contributed by atoms with Crippen LogP contribution < -0.4 is 0 Å². The first-order valence-electron chi connectivity index (χ1n) is 2.83. The van der Waals surface area contributed by atoms with Gasteiger partial charge in [0, 0.05) is 0 Å². The highest BCUT2D eigenvalue weighted by Gasteiger charge is 2.44. The summed E-state index contributed by atoms with van der Waals surface area (Å²) in [7, 11) is 0. The van der Waals surface area contributed by atoms with Crippen molar-refractivity contribution < 1.29 is 30.9 Å². The van der Waals surface area contributed by atoms with Crippen molar-refractivity contribution in [3.63, 3.8) is 0 Å². The molecule has 0 amide bonds. The van der Waals surface area contributed by atoms with Crippen LogP contribution in [0.3, 0.4) is 0 Å². The predicted octanol–water partition coefficient (Wildman–Crippen LogP) is 3.63. The minimum absolute atomic E-state index is 2.10. The molecule has 0 aromatic rings. The fourth-order valence-corrected chi connectivity index (χ4v) is 2.59. The normalized spacial score (nSPS) is 14.7. The highest BCUT2D eigenvalue weighted by atomic mass is 35.7. The van der Waals surface area contributed by atoms with Crippen LogP contribution in [0.2, 0.25) is 0 Å². The molecule has 0 aliphatic rings. The van der Waals surface area contributed by atoms with Gasteiger partial charge in [-0.05, 0) is 0 Å². The van der Waals surface area contributed by atoms with E-state index < -0.39 is 31.2 Å². The quantitative estimate of drug-likeness (QED) is 0.539. The van der Waals surface area contributed by atoms with E-state index >= 15 is 0 Å². The van der Waals surface area contributed by atoms with Gasteiger partial charge in [0.2, 0.25) is 0 Å². The van der Waals surface area contributed by atoms with E-state index in [0.717, 1.165) is 0 Å². The summed E-state index contributed by atoms with van der Waals surface area (Å²) in [6.07, 6.45) is -14.1. The molecule has 0 saturated heterocycles. The second kappa shape index (κ2) is 3.69. The lowest BCUT2D eigenvalue weighted by atomic mass is 10.8. The standard InChI is InChI=1S/C4H4ClF6OP/c5-13(12,1-3(6,7)8)2-4(9,10)11/h1-2H2. The Kier molecular flexibility index (Phi) is 3.72. The highest BCUT2D eigenvalue weighted by molar-refractivity contribution is 7.89. The van der Waals surface area contributed by atoms with Crippen LogP contribution in [0.25, 0.3) is 0 Å². The van der Waals surface area contributed by atoms with Crippen LogP contribution in [0, 0.1) is 0 Å². The lowest BCUT2D eigenvalue weighted by molar-refractivity contribution is -0.112. The zero-order valence-electron chi connectivity index (χ0n) is 5.92. The van der Waals surface area contributed by atoms with Gasteiger partial charge in [-0.15, -0.1) is 0 Å². The van der Waals surface area contributed by atoms with Crippen molar-refractivity contribution in [2.75, 3.05) is 12.3 Å². The molecule has 0 aromatic carbocycles. The molecule has 0 radical (unpaired) electrons. The van der Waals surface area contributed by atoms with E-state index in [1.54, 1.807) is 0 Å². The third kappa shape index (κ3) is 8.43. The third-order valence-electron chi connectivity index (χ3n) is 0.831. The second-order valence-electron chi connectivity index (χ2n) is 2.34. The average Bonchev–Trinajstić information content (AvgIpc) is 1.43. The van der Waals surface area contributed by atoms with Crippen LogP contribution in [0.1, 0.15) is 0 Å². The van der Waals surface area contributed by atoms with Crippen LogP contribution >= 0.6 is 17.7 Å². The molecule has 0 saturated carbocycles. The zero-order valence-corrected chi connectivity index (χ0v) is 7.57. The summed E-state index contributed by atoms with van der Waals surface area (Å²) in [6.45, 7) is -4.71. The van der Waals surface area contributed by atoms with Crippen molar-refractivity contribution in [2.45, 2.75) is 12.4 Å². The van der Waals surface area contributed by atoms with Crippen LogP contribution in [-0.2, 0) is 4.57 Å².